The highest BCUT2D eigenvalue weighted by Gasteiger charge is 2.34. The van der Waals surface area contributed by atoms with Gasteiger partial charge in [0.25, 0.3) is 0 Å². The molecule has 0 bridgehead atoms. The van der Waals surface area contributed by atoms with Crippen LogP contribution >= 0.6 is 0 Å². The summed E-state index contributed by atoms with van der Waals surface area (Å²) in [5, 5.41) is 4.01. The third kappa shape index (κ3) is 4.22. The zero-order valence-corrected chi connectivity index (χ0v) is 15.4. The average molecular weight is 358 g/mol. The molecular weight excluding hydrogens is 332 g/mol. The quantitative estimate of drug-likeness (QED) is 0.816. The number of aromatic nitrogens is 2. The molecular formula is C19H26N4O3. The van der Waals surface area contributed by atoms with Crippen molar-refractivity contribution < 1.29 is 14.1 Å². The maximum absolute atomic E-state index is 12.4. The number of likely N-dealkylation sites (tertiary alicyclic amines) is 1. The Morgan fingerprint density at radius 2 is 2.15 bits per heavy atom. The van der Waals surface area contributed by atoms with Crippen LogP contribution in [0.2, 0.25) is 0 Å². The summed E-state index contributed by atoms with van der Waals surface area (Å²) >= 11 is 0. The van der Waals surface area contributed by atoms with Crippen LogP contribution in [0.5, 0.6) is 5.75 Å². The maximum Gasteiger partial charge on any atom is 0.227 e. The number of hydrogen-bond acceptors (Lipinski definition) is 6. The lowest BCUT2D eigenvalue weighted by Gasteiger charge is -2.22. The minimum atomic E-state index is 0.0426. The molecule has 1 amide bonds. The standard InChI is InChI=1S/C19H26N4O3/c1-3-25-15-6-4-14(5-7-15)18-21-16(26-22-18)8-9-17(24)23-11-10-19(2,12-20)13-23/h4-7H,3,8-13,20H2,1-2H3. The SMILES string of the molecule is CCOc1ccc(-c2noc(CCC(=O)N3CCC(C)(CN)C3)n2)cc1. The highest BCUT2D eigenvalue weighted by Crippen LogP contribution is 2.29. The summed E-state index contributed by atoms with van der Waals surface area (Å²) in [6.45, 7) is 6.80. The normalized spacial score (nSPS) is 19.7. The van der Waals surface area contributed by atoms with Crippen LogP contribution in [0.1, 0.15) is 32.6 Å². The zero-order chi connectivity index (χ0) is 18.6. The Kier molecular flexibility index (Phi) is 5.56. The van der Waals surface area contributed by atoms with Crippen LogP contribution in [-0.4, -0.2) is 47.2 Å². The highest BCUT2D eigenvalue weighted by atomic mass is 16.5. The molecule has 1 atom stereocenters. The molecule has 2 N–H and O–H groups in total. The van der Waals surface area contributed by atoms with Crippen LogP contribution in [0.3, 0.4) is 0 Å². The van der Waals surface area contributed by atoms with Gasteiger partial charge in [0.2, 0.25) is 17.6 Å². The Bertz CT molecular complexity index is 743. The molecule has 0 saturated carbocycles. The number of aryl methyl sites for hydroxylation is 1. The van der Waals surface area contributed by atoms with Gasteiger partial charge in [-0.3, -0.25) is 4.79 Å². The summed E-state index contributed by atoms with van der Waals surface area (Å²) in [6, 6.07) is 7.53. The highest BCUT2D eigenvalue weighted by molar-refractivity contribution is 5.76. The number of hydrogen-bond donors (Lipinski definition) is 1. The molecule has 0 spiro atoms. The van der Waals surface area contributed by atoms with Gasteiger partial charge in [-0.1, -0.05) is 12.1 Å². The first kappa shape index (κ1) is 18.4. The number of amides is 1. The number of benzene rings is 1. The number of ether oxygens (including phenoxy) is 1. The van der Waals surface area contributed by atoms with Gasteiger partial charge in [-0.25, -0.2) is 0 Å². The molecule has 2 heterocycles. The molecule has 7 heteroatoms. The molecule has 26 heavy (non-hydrogen) atoms. The number of rotatable bonds is 7. The van der Waals surface area contributed by atoms with Gasteiger partial charge in [0.1, 0.15) is 5.75 Å². The molecule has 3 rings (SSSR count). The van der Waals surface area contributed by atoms with Gasteiger partial charge in [-0.15, -0.1) is 0 Å². The van der Waals surface area contributed by atoms with E-state index in [0.29, 0.717) is 37.7 Å². The van der Waals surface area contributed by atoms with E-state index in [0.717, 1.165) is 30.8 Å². The molecule has 1 saturated heterocycles. The minimum Gasteiger partial charge on any atom is -0.494 e. The maximum atomic E-state index is 12.4. The number of carbonyl (C=O) groups excluding carboxylic acids is 1. The van der Waals surface area contributed by atoms with E-state index in [4.69, 9.17) is 15.0 Å². The number of nitrogens with two attached hydrogens (primary N) is 1. The Morgan fingerprint density at radius 3 is 2.81 bits per heavy atom. The molecule has 1 unspecified atom stereocenters. The van der Waals surface area contributed by atoms with Crippen LogP contribution in [0, 0.1) is 5.41 Å². The lowest BCUT2D eigenvalue weighted by molar-refractivity contribution is -0.130. The summed E-state index contributed by atoms with van der Waals surface area (Å²) in [5.41, 5.74) is 6.70. The first-order valence-electron chi connectivity index (χ1n) is 9.06. The largest absolute Gasteiger partial charge is 0.494 e. The van der Waals surface area contributed by atoms with E-state index >= 15 is 0 Å². The van der Waals surface area contributed by atoms with Crippen LogP contribution in [-0.2, 0) is 11.2 Å². The van der Waals surface area contributed by atoms with E-state index in [-0.39, 0.29) is 11.3 Å². The Hall–Kier alpha value is -2.41. The van der Waals surface area contributed by atoms with E-state index < -0.39 is 0 Å². The summed E-state index contributed by atoms with van der Waals surface area (Å²) in [7, 11) is 0. The molecule has 0 radical (unpaired) electrons. The smallest absolute Gasteiger partial charge is 0.227 e. The summed E-state index contributed by atoms with van der Waals surface area (Å²) in [6.07, 6.45) is 1.77. The van der Waals surface area contributed by atoms with Crippen LogP contribution in [0.25, 0.3) is 11.4 Å². The molecule has 0 aliphatic carbocycles. The average Bonchev–Trinajstić information content (AvgIpc) is 3.28. The van der Waals surface area contributed by atoms with Gasteiger partial charge in [-0.05, 0) is 49.6 Å². The third-order valence-corrected chi connectivity index (χ3v) is 4.85. The van der Waals surface area contributed by atoms with Crippen molar-refractivity contribution in [2.45, 2.75) is 33.1 Å². The predicted octanol–water partition coefficient (Wildman–Crippen LogP) is 2.27. The Morgan fingerprint density at radius 1 is 1.38 bits per heavy atom. The van der Waals surface area contributed by atoms with Crippen LogP contribution in [0.15, 0.2) is 28.8 Å². The molecule has 1 aromatic carbocycles. The molecule has 2 aromatic rings. The minimum absolute atomic E-state index is 0.0426. The Labute approximate surface area is 153 Å². The molecule has 1 aliphatic rings. The monoisotopic (exact) mass is 358 g/mol. The van der Waals surface area contributed by atoms with E-state index in [1.165, 1.54) is 0 Å². The van der Waals surface area contributed by atoms with Crippen molar-refractivity contribution in [1.82, 2.24) is 15.0 Å². The fraction of sp³-hybridized carbons (Fsp3) is 0.526. The second-order valence-electron chi connectivity index (χ2n) is 7.05. The first-order valence-corrected chi connectivity index (χ1v) is 9.06. The van der Waals surface area contributed by atoms with E-state index in [1.54, 1.807) is 0 Å². The van der Waals surface area contributed by atoms with Gasteiger partial charge < -0.3 is 19.9 Å². The first-order chi connectivity index (χ1) is 12.5. The summed E-state index contributed by atoms with van der Waals surface area (Å²) in [4.78, 5) is 18.7. The van der Waals surface area contributed by atoms with Gasteiger partial charge in [-0.2, -0.15) is 4.98 Å². The number of nitrogens with zero attached hydrogens (tertiary/aromatic N) is 3. The van der Waals surface area contributed by atoms with Crippen molar-refractivity contribution in [2.75, 3.05) is 26.2 Å². The van der Waals surface area contributed by atoms with Crippen molar-refractivity contribution in [3.8, 4) is 17.1 Å². The summed E-state index contributed by atoms with van der Waals surface area (Å²) in [5.74, 6) is 1.92. The van der Waals surface area contributed by atoms with Crippen LogP contribution < -0.4 is 10.5 Å². The topological polar surface area (TPSA) is 94.5 Å². The second-order valence-corrected chi connectivity index (χ2v) is 7.05. The van der Waals surface area contributed by atoms with Gasteiger partial charge in [0, 0.05) is 31.5 Å². The Balaban J connectivity index is 1.54. The predicted molar refractivity (Wildman–Crippen MR) is 97.6 cm³/mol. The van der Waals surface area contributed by atoms with Gasteiger partial charge in [0.05, 0.1) is 6.61 Å². The van der Waals surface area contributed by atoms with Crippen molar-refractivity contribution in [1.29, 1.82) is 0 Å². The molecule has 1 aliphatic heterocycles. The fourth-order valence-electron chi connectivity index (χ4n) is 3.12. The zero-order valence-electron chi connectivity index (χ0n) is 15.4. The fourth-order valence-corrected chi connectivity index (χ4v) is 3.12. The summed E-state index contributed by atoms with van der Waals surface area (Å²) < 4.78 is 10.7. The van der Waals surface area contributed by atoms with Gasteiger partial charge in [0.15, 0.2) is 0 Å². The van der Waals surface area contributed by atoms with Gasteiger partial charge >= 0.3 is 0 Å². The third-order valence-electron chi connectivity index (χ3n) is 4.85. The lowest BCUT2D eigenvalue weighted by atomic mass is 9.90. The van der Waals surface area contributed by atoms with E-state index in [9.17, 15) is 4.79 Å². The molecule has 1 fully saturated rings. The van der Waals surface area contributed by atoms with E-state index in [1.807, 2.05) is 36.1 Å². The van der Waals surface area contributed by atoms with Crippen LogP contribution in [0.4, 0.5) is 0 Å². The lowest BCUT2D eigenvalue weighted by Crippen LogP contribution is -2.34. The number of carbonyl (C=O) groups is 1. The van der Waals surface area contributed by atoms with Crippen molar-refractivity contribution in [3.63, 3.8) is 0 Å². The van der Waals surface area contributed by atoms with Crippen molar-refractivity contribution in [2.24, 2.45) is 11.1 Å². The molecule has 7 nitrogen and oxygen atoms in total. The van der Waals surface area contributed by atoms with Crippen molar-refractivity contribution in [3.05, 3.63) is 30.2 Å². The molecule has 1 aromatic heterocycles. The molecule has 140 valence electrons. The van der Waals surface area contributed by atoms with E-state index in [2.05, 4.69) is 17.1 Å². The van der Waals surface area contributed by atoms with Crippen molar-refractivity contribution >= 4 is 5.91 Å². The second kappa shape index (κ2) is 7.86.